The van der Waals surface area contributed by atoms with Gasteiger partial charge in [0.1, 0.15) is 0 Å². The Labute approximate surface area is 83.8 Å². The zero-order valence-corrected chi connectivity index (χ0v) is 8.85. The molecule has 0 aromatic carbocycles. The summed E-state index contributed by atoms with van der Waals surface area (Å²) >= 11 is 3.72. The second kappa shape index (κ2) is 4.61. The highest BCUT2D eigenvalue weighted by molar-refractivity contribution is 7.87. The molecule has 0 heterocycles. The summed E-state index contributed by atoms with van der Waals surface area (Å²) in [6.07, 6.45) is 3.28. The molecular formula is C6H14N2O3S2. The van der Waals surface area contributed by atoms with Gasteiger partial charge in [-0.1, -0.05) is 0 Å². The zero-order chi connectivity index (χ0) is 9.90. The molecule has 0 atom stereocenters. The van der Waals surface area contributed by atoms with E-state index < -0.39 is 10.2 Å². The van der Waals surface area contributed by atoms with Crippen molar-refractivity contribution in [3.8, 4) is 0 Å². The summed E-state index contributed by atoms with van der Waals surface area (Å²) in [5, 5.41) is 4.85. The summed E-state index contributed by atoms with van der Waals surface area (Å²) < 4.78 is 28.6. The highest BCUT2D eigenvalue weighted by atomic mass is 32.2. The number of hydrogen-bond donors (Lipinski definition) is 3. The van der Waals surface area contributed by atoms with Crippen LogP contribution in [0.25, 0.3) is 0 Å². The smallest absolute Gasteiger partial charge is 0.274 e. The number of nitrogens with two attached hydrogens (primary N) is 1. The molecule has 1 saturated carbocycles. The van der Waals surface area contributed by atoms with Crippen molar-refractivity contribution in [3.05, 3.63) is 0 Å². The molecule has 1 fully saturated rings. The first-order valence-corrected chi connectivity index (χ1v) is 6.02. The van der Waals surface area contributed by atoms with Crippen LogP contribution in [0.5, 0.6) is 0 Å². The Morgan fingerprint density at radius 3 is 2.23 bits per heavy atom. The third kappa shape index (κ3) is 4.28. The van der Waals surface area contributed by atoms with E-state index in [1.165, 1.54) is 0 Å². The first-order chi connectivity index (χ1) is 6.01. The quantitative estimate of drug-likeness (QED) is 0.466. The van der Waals surface area contributed by atoms with E-state index in [1.807, 2.05) is 0 Å². The Balaban J connectivity index is 2.33. The molecular weight excluding hydrogens is 212 g/mol. The molecule has 1 aliphatic carbocycles. The topological polar surface area (TPSA) is 81.4 Å². The van der Waals surface area contributed by atoms with Crippen LogP contribution in [0.4, 0.5) is 0 Å². The maximum absolute atomic E-state index is 10.7. The fraction of sp³-hybridized carbons (Fsp3) is 1.00. The summed E-state index contributed by atoms with van der Waals surface area (Å²) in [4.78, 5) is 0. The van der Waals surface area contributed by atoms with Gasteiger partial charge in [0.05, 0.1) is 6.10 Å². The molecule has 0 bridgehead atoms. The lowest BCUT2D eigenvalue weighted by atomic mass is 9.94. The van der Waals surface area contributed by atoms with Crippen molar-refractivity contribution in [1.82, 2.24) is 4.72 Å². The van der Waals surface area contributed by atoms with Crippen LogP contribution < -0.4 is 9.86 Å². The Morgan fingerprint density at radius 1 is 1.31 bits per heavy atom. The summed E-state index contributed by atoms with van der Waals surface area (Å²) in [6.45, 7) is 0. The standard InChI is InChI=1S/C6H14N2O3S2/c7-13(9,10)8-5-1-3-6(11-12)4-2-5/h5-6,8,12H,1-4H2,(H2,7,9,10). The minimum absolute atomic E-state index is 0.0465. The van der Waals surface area contributed by atoms with Crippen molar-refractivity contribution < 1.29 is 12.6 Å². The van der Waals surface area contributed by atoms with Crippen molar-refractivity contribution in [1.29, 1.82) is 0 Å². The normalized spacial score (nSPS) is 30.3. The van der Waals surface area contributed by atoms with Crippen molar-refractivity contribution in [3.63, 3.8) is 0 Å². The van der Waals surface area contributed by atoms with Gasteiger partial charge in [0.25, 0.3) is 10.2 Å². The van der Waals surface area contributed by atoms with Crippen LogP contribution in [0.1, 0.15) is 25.7 Å². The molecule has 0 unspecified atom stereocenters. The maximum Gasteiger partial charge on any atom is 0.274 e. The molecule has 1 rings (SSSR count). The van der Waals surface area contributed by atoms with Gasteiger partial charge in [-0.15, -0.1) is 0 Å². The molecule has 3 N–H and O–H groups in total. The van der Waals surface area contributed by atoms with E-state index in [0.717, 1.165) is 25.7 Å². The fourth-order valence-electron chi connectivity index (χ4n) is 1.52. The van der Waals surface area contributed by atoms with Crippen LogP contribution in [0.3, 0.4) is 0 Å². The maximum atomic E-state index is 10.7. The van der Waals surface area contributed by atoms with Crippen LogP contribution in [0, 0.1) is 0 Å². The van der Waals surface area contributed by atoms with Crippen LogP contribution in [0.15, 0.2) is 0 Å². The minimum atomic E-state index is -3.56. The molecule has 0 aromatic rings. The molecule has 0 aromatic heterocycles. The van der Waals surface area contributed by atoms with Crippen molar-refractivity contribution in [2.24, 2.45) is 5.14 Å². The number of hydrogen-bond acceptors (Lipinski definition) is 4. The van der Waals surface area contributed by atoms with E-state index in [0.29, 0.717) is 0 Å². The zero-order valence-electron chi connectivity index (χ0n) is 7.14. The summed E-state index contributed by atoms with van der Waals surface area (Å²) in [5.41, 5.74) is 0. The first-order valence-electron chi connectivity index (χ1n) is 4.11. The fourth-order valence-corrected chi connectivity index (χ4v) is 2.43. The van der Waals surface area contributed by atoms with Crippen molar-refractivity contribution in [2.75, 3.05) is 0 Å². The molecule has 0 saturated heterocycles. The number of rotatable bonds is 3. The lowest BCUT2D eigenvalue weighted by Gasteiger charge is -2.26. The Bertz CT molecular complexity index is 247. The van der Waals surface area contributed by atoms with E-state index in [1.54, 1.807) is 0 Å². The van der Waals surface area contributed by atoms with E-state index in [-0.39, 0.29) is 12.1 Å². The second-order valence-electron chi connectivity index (χ2n) is 3.24. The van der Waals surface area contributed by atoms with Crippen molar-refractivity contribution >= 4 is 23.1 Å². The minimum Gasteiger partial charge on any atom is -0.315 e. The van der Waals surface area contributed by atoms with E-state index >= 15 is 0 Å². The predicted molar refractivity (Wildman–Crippen MR) is 52.4 cm³/mol. The third-order valence-corrected chi connectivity index (χ3v) is 3.11. The van der Waals surface area contributed by atoms with Gasteiger partial charge in [-0.2, -0.15) is 13.1 Å². The summed E-state index contributed by atoms with van der Waals surface area (Å²) in [7, 11) is -3.56. The van der Waals surface area contributed by atoms with Gasteiger partial charge in [-0.3, -0.25) is 0 Å². The molecule has 0 spiro atoms. The highest BCUT2D eigenvalue weighted by Crippen LogP contribution is 2.21. The lowest BCUT2D eigenvalue weighted by molar-refractivity contribution is 0.175. The van der Waals surface area contributed by atoms with E-state index in [2.05, 4.69) is 17.6 Å². The van der Waals surface area contributed by atoms with Crippen LogP contribution in [-0.4, -0.2) is 20.6 Å². The molecule has 13 heavy (non-hydrogen) atoms. The van der Waals surface area contributed by atoms with Crippen LogP contribution in [0.2, 0.25) is 0 Å². The number of thiol groups is 1. The molecule has 78 valence electrons. The monoisotopic (exact) mass is 226 g/mol. The van der Waals surface area contributed by atoms with Crippen LogP contribution >= 0.6 is 12.9 Å². The van der Waals surface area contributed by atoms with E-state index in [9.17, 15) is 8.42 Å². The number of nitrogens with one attached hydrogen (secondary N) is 1. The summed E-state index contributed by atoms with van der Waals surface area (Å²) in [6, 6.07) is -0.0465. The molecule has 0 amide bonds. The lowest BCUT2D eigenvalue weighted by Crippen LogP contribution is -2.42. The second-order valence-corrected chi connectivity index (χ2v) is 4.78. The van der Waals surface area contributed by atoms with Gasteiger partial charge in [-0.05, 0) is 38.6 Å². The van der Waals surface area contributed by atoms with Crippen molar-refractivity contribution in [2.45, 2.75) is 37.8 Å². The SMILES string of the molecule is NS(=O)(=O)NC1CCC(OS)CC1. The third-order valence-electron chi connectivity index (χ3n) is 2.15. The molecule has 1 aliphatic rings. The van der Waals surface area contributed by atoms with Gasteiger partial charge in [0.15, 0.2) is 0 Å². The predicted octanol–water partition coefficient (Wildman–Crippen LogP) is -0.0479. The average Bonchev–Trinajstić information content (AvgIpc) is 2.03. The molecule has 5 nitrogen and oxygen atoms in total. The molecule has 7 heteroatoms. The molecule has 0 radical (unpaired) electrons. The largest absolute Gasteiger partial charge is 0.315 e. The average molecular weight is 226 g/mol. The van der Waals surface area contributed by atoms with Gasteiger partial charge in [0.2, 0.25) is 0 Å². The Kier molecular flexibility index (Phi) is 3.99. The Hall–Kier alpha value is 0.180. The first kappa shape index (κ1) is 11.3. The van der Waals surface area contributed by atoms with Gasteiger partial charge >= 0.3 is 0 Å². The van der Waals surface area contributed by atoms with Gasteiger partial charge in [-0.25, -0.2) is 5.14 Å². The Morgan fingerprint density at radius 2 is 1.85 bits per heavy atom. The van der Waals surface area contributed by atoms with Crippen LogP contribution in [-0.2, 0) is 14.4 Å². The van der Waals surface area contributed by atoms with Gasteiger partial charge in [0, 0.05) is 6.04 Å². The highest BCUT2D eigenvalue weighted by Gasteiger charge is 2.23. The summed E-state index contributed by atoms with van der Waals surface area (Å²) in [5.74, 6) is 0. The molecule has 0 aliphatic heterocycles. The van der Waals surface area contributed by atoms with Gasteiger partial charge < -0.3 is 4.18 Å². The van der Waals surface area contributed by atoms with E-state index in [4.69, 9.17) is 9.32 Å².